The molecular weight excluding hydrogens is 410 g/mol. The standard InChI is InChI=1S/C21H22ClN3O3S/c1-5-23-21-25(17(13-29-21)14-6-8-16(22)9-7-14)24-12-15-10-19(27-3)20(28-4)11-18(15)26-2/h6-13H,5H2,1-4H3. The molecule has 1 aromatic heterocycles. The van der Waals surface area contributed by atoms with Crippen LogP contribution in [0.2, 0.25) is 5.02 Å². The van der Waals surface area contributed by atoms with Crippen molar-refractivity contribution >= 4 is 29.2 Å². The Kier molecular flexibility index (Phi) is 6.95. The number of halogens is 1. The summed E-state index contributed by atoms with van der Waals surface area (Å²) < 4.78 is 18.0. The zero-order valence-corrected chi connectivity index (χ0v) is 18.3. The number of methoxy groups -OCH3 is 3. The van der Waals surface area contributed by atoms with Crippen molar-refractivity contribution in [3.8, 4) is 28.5 Å². The Labute approximate surface area is 178 Å². The van der Waals surface area contributed by atoms with Crippen molar-refractivity contribution in [3.63, 3.8) is 0 Å². The normalized spacial score (nSPS) is 11.8. The predicted octanol–water partition coefficient (Wildman–Crippen LogP) is 4.70. The molecule has 0 saturated heterocycles. The summed E-state index contributed by atoms with van der Waals surface area (Å²) in [5.41, 5.74) is 2.68. The Balaban J connectivity index is 2.10. The molecular formula is C21H22ClN3O3S. The number of thiazole rings is 1. The number of aromatic nitrogens is 1. The fraction of sp³-hybridized carbons (Fsp3) is 0.238. The zero-order valence-electron chi connectivity index (χ0n) is 16.7. The third kappa shape index (κ3) is 4.63. The third-order valence-corrected chi connectivity index (χ3v) is 5.27. The van der Waals surface area contributed by atoms with Gasteiger partial charge in [0.15, 0.2) is 11.5 Å². The molecule has 0 unspecified atom stereocenters. The minimum absolute atomic E-state index is 0.591. The first-order valence-electron chi connectivity index (χ1n) is 8.92. The fourth-order valence-corrected chi connectivity index (χ4v) is 3.78. The first kappa shape index (κ1) is 21.0. The quantitative estimate of drug-likeness (QED) is 0.509. The summed E-state index contributed by atoms with van der Waals surface area (Å²) in [6, 6.07) is 11.2. The molecule has 3 aromatic rings. The molecule has 152 valence electrons. The lowest BCUT2D eigenvalue weighted by Gasteiger charge is -2.12. The largest absolute Gasteiger partial charge is 0.496 e. The molecule has 0 aliphatic carbocycles. The van der Waals surface area contributed by atoms with Gasteiger partial charge in [-0.05, 0) is 25.1 Å². The first-order valence-corrected chi connectivity index (χ1v) is 10.2. The maximum atomic E-state index is 6.03. The van der Waals surface area contributed by atoms with Crippen molar-refractivity contribution in [2.24, 2.45) is 10.1 Å². The second-order valence-corrected chi connectivity index (χ2v) is 7.16. The van der Waals surface area contributed by atoms with Gasteiger partial charge in [-0.3, -0.25) is 4.99 Å². The van der Waals surface area contributed by atoms with Crippen LogP contribution >= 0.6 is 22.9 Å². The van der Waals surface area contributed by atoms with E-state index in [1.165, 1.54) is 11.3 Å². The van der Waals surface area contributed by atoms with Crippen LogP contribution in [-0.2, 0) is 0 Å². The van der Waals surface area contributed by atoms with E-state index < -0.39 is 0 Å². The average Bonchev–Trinajstić information content (AvgIpc) is 3.14. The number of ether oxygens (including phenoxy) is 3. The Hall–Kier alpha value is -2.77. The molecule has 0 fully saturated rings. The Morgan fingerprint density at radius 1 is 1.00 bits per heavy atom. The van der Waals surface area contributed by atoms with Crippen molar-refractivity contribution in [1.82, 2.24) is 4.68 Å². The first-order chi connectivity index (χ1) is 14.1. The van der Waals surface area contributed by atoms with Crippen LogP contribution < -0.4 is 19.0 Å². The van der Waals surface area contributed by atoms with Gasteiger partial charge in [0.25, 0.3) is 0 Å². The van der Waals surface area contributed by atoms with Crippen molar-refractivity contribution in [3.05, 3.63) is 57.2 Å². The van der Waals surface area contributed by atoms with E-state index in [4.69, 9.17) is 30.9 Å². The predicted molar refractivity (Wildman–Crippen MR) is 118 cm³/mol. The summed E-state index contributed by atoms with van der Waals surface area (Å²) in [5, 5.41) is 7.41. The summed E-state index contributed by atoms with van der Waals surface area (Å²) in [4.78, 5) is 5.35. The second kappa shape index (κ2) is 9.62. The van der Waals surface area contributed by atoms with Crippen LogP contribution in [0.3, 0.4) is 0 Å². The smallest absolute Gasteiger partial charge is 0.206 e. The van der Waals surface area contributed by atoms with Crippen LogP contribution in [-0.4, -0.2) is 38.8 Å². The number of nitrogens with zero attached hydrogens (tertiary/aromatic N) is 3. The lowest BCUT2D eigenvalue weighted by molar-refractivity contribution is 0.349. The topological polar surface area (TPSA) is 57.3 Å². The van der Waals surface area contributed by atoms with E-state index in [9.17, 15) is 0 Å². The molecule has 29 heavy (non-hydrogen) atoms. The van der Waals surface area contributed by atoms with E-state index >= 15 is 0 Å². The molecule has 0 saturated carbocycles. The summed E-state index contributed by atoms with van der Waals surface area (Å²) in [6.45, 7) is 2.66. The molecule has 0 spiro atoms. The van der Waals surface area contributed by atoms with Gasteiger partial charge in [0.1, 0.15) is 5.75 Å². The van der Waals surface area contributed by atoms with Crippen LogP contribution in [0.4, 0.5) is 0 Å². The van der Waals surface area contributed by atoms with Crippen LogP contribution in [0.1, 0.15) is 12.5 Å². The molecule has 0 amide bonds. The zero-order chi connectivity index (χ0) is 20.8. The molecule has 0 aliphatic heterocycles. The van der Waals surface area contributed by atoms with Crippen LogP contribution in [0.25, 0.3) is 11.3 Å². The van der Waals surface area contributed by atoms with Crippen molar-refractivity contribution in [2.75, 3.05) is 27.9 Å². The highest BCUT2D eigenvalue weighted by molar-refractivity contribution is 7.07. The lowest BCUT2D eigenvalue weighted by atomic mass is 10.2. The van der Waals surface area contributed by atoms with Crippen molar-refractivity contribution in [1.29, 1.82) is 0 Å². The molecule has 0 bridgehead atoms. The monoisotopic (exact) mass is 431 g/mol. The summed E-state index contributed by atoms with van der Waals surface area (Å²) in [5.74, 6) is 1.82. The highest BCUT2D eigenvalue weighted by Gasteiger charge is 2.12. The molecule has 0 N–H and O–H groups in total. The van der Waals surface area contributed by atoms with E-state index in [2.05, 4.69) is 4.99 Å². The van der Waals surface area contributed by atoms with Gasteiger partial charge >= 0.3 is 0 Å². The van der Waals surface area contributed by atoms with Crippen LogP contribution in [0.5, 0.6) is 17.2 Å². The minimum atomic E-state index is 0.591. The maximum absolute atomic E-state index is 6.03. The van der Waals surface area contributed by atoms with Crippen LogP contribution in [0, 0.1) is 0 Å². The highest BCUT2D eigenvalue weighted by Crippen LogP contribution is 2.34. The van der Waals surface area contributed by atoms with Gasteiger partial charge in [0.05, 0.1) is 33.2 Å². The second-order valence-electron chi connectivity index (χ2n) is 5.89. The van der Waals surface area contributed by atoms with E-state index in [0.29, 0.717) is 28.8 Å². The number of benzene rings is 2. The molecule has 0 radical (unpaired) electrons. The van der Waals surface area contributed by atoms with E-state index in [0.717, 1.165) is 21.6 Å². The highest BCUT2D eigenvalue weighted by atomic mass is 35.5. The third-order valence-electron chi connectivity index (χ3n) is 4.17. The molecule has 3 rings (SSSR count). The van der Waals surface area contributed by atoms with Crippen LogP contribution in [0.15, 0.2) is 51.9 Å². The van der Waals surface area contributed by atoms with E-state index in [1.807, 2.05) is 47.3 Å². The number of rotatable bonds is 7. The lowest BCUT2D eigenvalue weighted by Crippen LogP contribution is -2.12. The van der Waals surface area contributed by atoms with Gasteiger partial charge in [-0.1, -0.05) is 23.7 Å². The molecule has 8 heteroatoms. The van der Waals surface area contributed by atoms with Gasteiger partial charge in [-0.15, -0.1) is 11.3 Å². The SMILES string of the molecule is CCN=c1scc(-c2ccc(Cl)cc2)n1N=Cc1cc(OC)c(OC)cc1OC. The van der Waals surface area contributed by atoms with Crippen molar-refractivity contribution < 1.29 is 14.2 Å². The van der Waals surface area contributed by atoms with Crippen molar-refractivity contribution in [2.45, 2.75) is 6.92 Å². The Morgan fingerprint density at radius 2 is 1.66 bits per heavy atom. The molecule has 6 nitrogen and oxygen atoms in total. The maximum Gasteiger partial charge on any atom is 0.206 e. The average molecular weight is 432 g/mol. The molecule has 0 aliphatic rings. The fourth-order valence-electron chi connectivity index (χ4n) is 2.75. The molecule has 0 atom stereocenters. The summed E-state index contributed by atoms with van der Waals surface area (Å²) >= 11 is 7.57. The van der Waals surface area contributed by atoms with Gasteiger partial charge in [-0.25, -0.2) is 4.68 Å². The number of hydrogen-bond donors (Lipinski definition) is 0. The van der Waals surface area contributed by atoms with Gasteiger partial charge in [0, 0.05) is 34.1 Å². The van der Waals surface area contributed by atoms with Gasteiger partial charge < -0.3 is 14.2 Å². The van der Waals surface area contributed by atoms with Gasteiger partial charge in [-0.2, -0.15) is 5.10 Å². The summed E-state index contributed by atoms with van der Waals surface area (Å²) in [6.07, 6.45) is 1.72. The Morgan fingerprint density at radius 3 is 2.28 bits per heavy atom. The van der Waals surface area contributed by atoms with Gasteiger partial charge in [0.2, 0.25) is 4.80 Å². The number of hydrogen-bond acceptors (Lipinski definition) is 6. The van der Waals surface area contributed by atoms with E-state index in [-0.39, 0.29) is 0 Å². The Bertz CT molecular complexity index is 1070. The molecule has 1 heterocycles. The summed E-state index contributed by atoms with van der Waals surface area (Å²) in [7, 11) is 4.78. The van der Waals surface area contributed by atoms with E-state index in [1.54, 1.807) is 33.6 Å². The minimum Gasteiger partial charge on any atom is -0.496 e. The molecule has 2 aromatic carbocycles.